The molecule has 2 aromatic carbocycles. The number of aromatic nitrogens is 5. The van der Waals surface area contributed by atoms with Crippen LogP contribution in [0.3, 0.4) is 0 Å². The molecule has 5 aromatic rings. The molecule has 5 rings (SSSR count). The number of benzene rings is 2. The minimum Gasteiger partial charge on any atom is -0.334 e. The first-order valence-corrected chi connectivity index (χ1v) is 12.8. The van der Waals surface area contributed by atoms with Gasteiger partial charge in [-0.3, -0.25) is 14.9 Å². The number of hydrogen-bond donors (Lipinski definition) is 1. The van der Waals surface area contributed by atoms with Gasteiger partial charge in [-0.1, -0.05) is 40.5 Å². The third-order valence-electron chi connectivity index (χ3n) is 5.60. The number of halogens is 3. The summed E-state index contributed by atoms with van der Waals surface area (Å²) in [5.74, 6) is 0.277. The molecule has 0 saturated carbocycles. The van der Waals surface area contributed by atoms with Crippen LogP contribution in [-0.4, -0.2) is 35.7 Å². The molecule has 14 heteroatoms. The number of non-ortho nitro benzene ring substituents is 1. The smallest absolute Gasteiger partial charge is 0.274 e. The van der Waals surface area contributed by atoms with Gasteiger partial charge in [0.05, 0.1) is 21.2 Å². The predicted octanol–water partition coefficient (Wildman–Crippen LogP) is 6.45. The molecule has 0 aliphatic carbocycles. The summed E-state index contributed by atoms with van der Waals surface area (Å²) in [5.41, 5.74) is 2.40. The molecule has 196 valence electrons. The zero-order chi connectivity index (χ0) is 27.7. The van der Waals surface area contributed by atoms with Crippen LogP contribution in [0.5, 0.6) is 0 Å². The Kier molecular flexibility index (Phi) is 7.42. The molecule has 0 bridgehead atoms. The molecule has 0 aliphatic heterocycles. The topological polar surface area (TPSA) is 142 Å². The molecule has 0 fully saturated rings. The number of nitrogens with one attached hydrogen (secondary N) is 1. The van der Waals surface area contributed by atoms with Crippen molar-refractivity contribution in [1.29, 1.82) is 0 Å². The second-order valence-electron chi connectivity index (χ2n) is 8.29. The molecule has 11 nitrogen and oxygen atoms in total. The number of nitro benzene ring substituents is 1. The molecule has 0 spiro atoms. The van der Waals surface area contributed by atoms with Gasteiger partial charge in [0, 0.05) is 35.8 Å². The number of anilines is 1. The number of nitrogens with zero attached hydrogens (tertiary/aromatic N) is 6. The Bertz CT molecular complexity index is 1720. The highest BCUT2D eigenvalue weighted by molar-refractivity contribution is 9.10. The van der Waals surface area contributed by atoms with Crippen molar-refractivity contribution in [3.8, 4) is 17.3 Å². The molecule has 0 saturated heterocycles. The van der Waals surface area contributed by atoms with Crippen molar-refractivity contribution in [3.63, 3.8) is 0 Å². The average molecular weight is 629 g/mol. The maximum Gasteiger partial charge on any atom is 0.274 e. The fourth-order valence-electron chi connectivity index (χ4n) is 3.82. The Morgan fingerprint density at radius 1 is 1.18 bits per heavy atom. The van der Waals surface area contributed by atoms with Crippen LogP contribution in [0.15, 0.2) is 69.9 Å². The van der Waals surface area contributed by atoms with Gasteiger partial charge in [-0.15, -0.1) is 0 Å². The molecule has 0 unspecified atom stereocenters. The van der Waals surface area contributed by atoms with E-state index in [-0.39, 0.29) is 29.5 Å². The van der Waals surface area contributed by atoms with Crippen molar-refractivity contribution in [1.82, 2.24) is 24.9 Å². The first kappa shape index (κ1) is 26.5. The maximum absolute atomic E-state index is 13.5. The SMILES string of the molecule is Cc1cc(Cl)cc(-c2nc(Cc3ccc([N+](=O)[O-])cc3)no2)c1NC(=O)c1cc(Br)nn1-c1ncccc1Cl. The summed E-state index contributed by atoms with van der Waals surface area (Å²) >= 11 is 15.9. The molecule has 0 aliphatic rings. The van der Waals surface area contributed by atoms with E-state index in [1.165, 1.54) is 16.8 Å². The molecule has 1 amide bonds. The summed E-state index contributed by atoms with van der Waals surface area (Å²) in [6, 6.07) is 14.2. The van der Waals surface area contributed by atoms with E-state index >= 15 is 0 Å². The predicted molar refractivity (Wildman–Crippen MR) is 147 cm³/mol. The van der Waals surface area contributed by atoms with Crippen LogP contribution in [0.1, 0.15) is 27.4 Å². The van der Waals surface area contributed by atoms with E-state index in [1.54, 1.807) is 55.6 Å². The summed E-state index contributed by atoms with van der Waals surface area (Å²) in [6.45, 7) is 1.78. The lowest BCUT2D eigenvalue weighted by molar-refractivity contribution is -0.384. The Morgan fingerprint density at radius 3 is 2.67 bits per heavy atom. The normalized spacial score (nSPS) is 11.0. The van der Waals surface area contributed by atoms with Gasteiger partial charge in [-0.2, -0.15) is 10.1 Å². The van der Waals surface area contributed by atoms with Crippen molar-refractivity contribution < 1.29 is 14.2 Å². The highest BCUT2D eigenvalue weighted by Crippen LogP contribution is 2.34. The number of aryl methyl sites for hydroxylation is 1. The summed E-state index contributed by atoms with van der Waals surface area (Å²) < 4.78 is 7.25. The number of hydrogen-bond acceptors (Lipinski definition) is 8. The van der Waals surface area contributed by atoms with Crippen molar-refractivity contribution in [3.05, 3.63) is 108 Å². The molecule has 39 heavy (non-hydrogen) atoms. The fraction of sp³-hybridized carbons (Fsp3) is 0.0800. The van der Waals surface area contributed by atoms with Gasteiger partial charge in [-0.25, -0.2) is 9.67 Å². The summed E-state index contributed by atoms with van der Waals surface area (Å²) in [6.07, 6.45) is 1.82. The first-order valence-electron chi connectivity index (χ1n) is 11.2. The second kappa shape index (κ2) is 10.9. The first-order chi connectivity index (χ1) is 18.7. The van der Waals surface area contributed by atoms with Crippen LogP contribution >= 0.6 is 39.1 Å². The lowest BCUT2D eigenvalue weighted by Crippen LogP contribution is -2.19. The van der Waals surface area contributed by atoms with E-state index in [0.717, 1.165) is 5.56 Å². The summed E-state index contributed by atoms with van der Waals surface area (Å²) in [7, 11) is 0. The van der Waals surface area contributed by atoms with Crippen LogP contribution < -0.4 is 5.32 Å². The molecule has 3 heterocycles. The Labute approximate surface area is 239 Å². The fourth-order valence-corrected chi connectivity index (χ4v) is 4.67. The van der Waals surface area contributed by atoms with Crippen molar-refractivity contribution in [2.75, 3.05) is 5.32 Å². The van der Waals surface area contributed by atoms with Crippen LogP contribution in [0.4, 0.5) is 11.4 Å². The van der Waals surface area contributed by atoms with Gasteiger partial charge >= 0.3 is 0 Å². The molecular weight excluding hydrogens is 613 g/mol. The van der Waals surface area contributed by atoms with Gasteiger partial charge in [0.25, 0.3) is 17.5 Å². The lowest BCUT2D eigenvalue weighted by atomic mass is 10.1. The summed E-state index contributed by atoms with van der Waals surface area (Å²) in [5, 5.41) is 22.9. The highest BCUT2D eigenvalue weighted by Gasteiger charge is 2.23. The van der Waals surface area contributed by atoms with E-state index in [0.29, 0.717) is 37.3 Å². The number of carbonyl (C=O) groups is 1. The van der Waals surface area contributed by atoms with E-state index in [1.807, 2.05) is 0 Å². The minimum absolute atomic E-state index is 0.0129. The molecule has 1 N–H and O–H groups in total. The van der Waals surface area contributed by atoms with Crippen LogP contribution in [0.2, 0.25) is 10.0 Å². The monoisotopic (exact) mass is 627 g/mol. The number of carbonyl (C=O) groups excluding carboxylic acids is 1. The van der Waals surface area contributed by atoms with Crippen molar-refractivity contribution in [2.45, 2.75) is 13.3 Å². The largest absolute Gasteiger partial charge is 0.334 e. The zero-order valence-corrected chi connectivity index (χ0v) is 23.0. The summed E-state index contributed by atoms with van der Waals surface area (Å²) in [4.78, 5) is 32.6. The third-order valence-corrected chi connectivity index (χ3v) is 6.50. The second-order valence-corrected chi connectivity index (χ2v) is 9.94. The van der Waals surface area contributed by atoms with Crippen molar-refractivity contribution in [2.24, 2.45) is 0 Å². The van der Waals surface area contributed by atoms with Crippen LogP contribution in [0.25, 0.3) is 17.3 Å². The number of amides is 1. The molecular formula is C25H16BrCl2N7O4. The van der Waals surface area contributed by atoms with Crippen LogP contribution in [-0.2, 0) is 6.42 Å². The standard InChI is InChI=1S/C25H16BrCl2N7O4/c1-13-9-15(27)11-17(25-30-21(33-39-25)10-14-4-6-16(7-5-14)35(37)38)22(13)31-24(36)19-12-20(26)32-34(19)23-18(28)3-2-8-29-23/h2-9,11-12H,10H2,1H3,(H,31,36). The lowest BCUT2D eigenvalue weighted by Gasteiger charge is -2.13. The highest BCUT2D eigenvalue weighted by atomic mass is 79.9. The van der Waals surface area contributed by atoms with Gasteiger partial charge in [0.1, 0.15) is 10.3 Å². The van der Waals surface area contributed by atoms with E-state index in [2.05, 4.69) is 41.5 Å². The van der Waals surface area contributed by atoms with E-state index in [9.17, 15) is 14.9 Å². The number of nitro groups is 1. The molecule has 0 atom stereocenters. The van der Waals surface area contributed by atoms with Gasteiger partial charge in [0.15, 0.2) is 11.6 Å². The minimum atomic E-state index is -0.493. The average Bonchev–Trinajstić information content (AvgIpc) is 3.52. The van der Waals surface area contributed by atoms with E-state index in [4.69, 9.17) is 27.7 Å². The molecule has 0 radical (unpaired) electrons. The Balaban J connectivity index is 1.46. The van der Waals surface area contributed by atoms with Crippen LogP contribution in [0, 0.1) is 17.0 Å². The quantitative estimate of drug-likeness (QED) is 0.160. The number of rotatable bonds is 7. The van der Waals surface area contributed by atoms with Gasteiger partial charge in [-0.05, 0) is 58.2 Å². The van der Waals surface area contributed by atoms with Gasteiger partial charge < -0.3 is 9.84 Å². The molecule has 3 aromatic heterocycles. The van der Waals surface area contributed by atoms with E-state index < -0.39 is 10.8 Å². The third kappa shape index (κ3) is 5.67. The number of pyridine rings is 1. The Hall–Kier alpha value is -4.13. The zero-order valence-electron chi connectivity index (χ0n) is 19.9. The Morgan fingerprint density at radius 2 is 1.95 bits per heavy atom. The van der Waals surface area contributed by atoms with Gasteiger partial charge in [0.2, 0.25) is 0 Å². The maximum atomic E-state index is 13.5. The van der Waals surface area contributed by atoms with Crippen molar-refractivity contribution >= 4 is 56.4 Å².